The second kappa shape index (κ2) is 21.8. The second-order valence-corrected chi connectivity index (χ2v) is 10.4. The quantitative estimate of drug-likeness (QED) is 0.194. The summed E-state index contributed by atoms with van der Waals surface area (Å²) in [5, 5.41) is 0. The van der Waals surface area contributed by atoms with Gasteiger partial charge in [-0.05, 0) is 75.9 Å². The Balaban J connectivity index is 0.000000267. The highest BCUT2D eigenvalue weighted by atomic mass is 14.5. The Bertz CT molecular complexity index is 1580. The van der Waals surface area contributed by atoms with Gasteiger partial charge in [0.05, 0.1) is 0 Å². The van der Waals surface area contributed by atoms with Crippen molar-refractivity contribution in [1.82, 2.24) is 0 Å². The maximum Gasteiger partial charge on any atom is 0.0314 e. The van der Waals surface area contributed by atoms with E-state index in [0.29, 0.717) is 5.92 Å². The van der Waals surface area contributed by atoms with Crippen molar-refractivity contribution in [1.29, 1.82) is 0 Å². The van der Waals surface area contributed by atoms with Crippen molar-refractivity contribution in [2.45, 2.75) is 60.8 Å². The summed E-state index contributed by atoms with van der Waals surface area (Å²) in [6.45, 7) is 14.8. The molecule has 2 N–H and O–H groups in total. The van der Waals surface area contributed by atoms with Gasteiger partial charge in [0, 0.05) is 5.69 Å². The van der Waals surface area contributed by atoms with Crippen molar-refractivity contribution in [3.63, 3.8) is 0 Å². The van der Waals surface area contributed by atoms with Crippen molar-refractivity contribution in [2.24, 2.45) is 0 Å². The molecule has 0 bridgehead atoms. The van der Waals surface area contributed by atoms with Gasteiger partial charge in [0.2, 0.25) is 0 Å². The molecule has 0 aliphatic carbocycles. The number of nitrogen functional groups attached to an aromatic ring is 1. The molecule has 46 heavy (non-hydrogen) atoms. The van der Waals surface area contributed by atoms with Crippen LogP contribution in [-0.4, -0.2) is 0 Å². The van der Waals surface area contributed by atoms with Crippen molar-refractivity contribution < 1.29 is 0 Å². The average molecular weight is 608 g/mol. The smallest absolute Gasteiger partial charge is 0.0314 e. The highest BCUT2D eigenvalue weighted by Crippen LogP contribution is 2.39. The molecule has 0 saturated heterocycles. The van der Waals surface area contributed by atoms with Crippen LogP contribution in [0, 0.1) is 6.92 Å². The molecule has 6 aromatic carbocycles. The Morgan fingerprint density at radius 3 is 1.33 bits per heavy atom. The van der Waals surface area contributed by atoms with E-state index >= 15 is 0 Å². The molecule has 1 heteroatoms. The lowest BCUT2D eigenvalue weighted by Crippen LogP contribution is -2.00. The zero-order valence-corrected chi connectivity index (χ0v) is 29.0. The highest BCUT2D eigenvalue weighted by Gasteiger charge is 2.17. The summed E-state index contributed by atoms with van der Waals surface area (Å²) in [4.78, 5) is 0. The Morgan fingerprint density at radius 1 is 0.435 bits per heavy atom. The van der Waals surface area contributed by atoms with Crippen LogP contribution in [0.4, 0.5) is 5.69 Å². The summed E-state index contributed by atoms with van der Waals surface area (Å²) in [6, 6.07) is 56.3. The molecule has 0 radical (unpaired) electrons. The topological polar surface area (TPSA) is 26.0 Å². The first-order valence-electron chi connectivity index (χ1n) is 16.7. The lowest BCUT2D eigenvalue weighted by atomic mass is 9.83. The predicted molar refractivity (Wildman–Crippen MR) is 206 cm³/mol. The third-order valence-corrected chi connectivity index (χ3v) is 7.42. The van der Waals surface area contributed by atoms with Gasteiger partial charge in [-0.25, -0.2) is 0 Å². The fraction of sp³-hybridized carbons (Fsp3) is 0.200. The molecule has 1 unspecified atom stereocenters. The SMILES string of the molecule is CC.CC.CCC(C)c1c(-c2ccccc2)cccc1-c1ccccc1C.Nc1ccc(-c2ccccc2)cc1.c1ccccc1. The molecule has 1 atom stereocenters. The van der Waals surface area contributed by atoms with E-state index in [-0.39, 0.29) is 0 Å². The van der Waals surface area contributed by atoms with Gasteiger partial charge in [-0.3, -0.25) is 0 Å². The summed E-state index contributed by atoms with van der Waals surface area (Å²) in [7, 11) is 0. The maximum absolute atomic E-state index is 5.60. The van der Waals surface area contributed by atoms with E-state index in [0.717, 1.165) is 12.1 Å². The summed E-state index contributed by atoms with van der Waals surface area (Å²) in [5.41, 5.74) is 17.0. The first kappa shape index (κ1) is 37.3. The fourth-order valence-electron chi connectivity index (χ4n) is 4.97. The third kappa shape index (κ3) is 11.6. The summed E-state index contributed by atoms with van der Waals surface area (Å²) >= 11 is 0. The summed E-state index contributed by atoms with van der Waals surface area (Å²) < 4.78 is 0. The number of benzene rings is 6. The molecule has 0 amide bonds. The number of hydrogen-bond acceptors (Lipinski definition) is 1. The van der Waals surface area contributed by atoms with E-state index in [9.17, 15) is 0 Å². The van der Waals surface area contributed by atoms with E-state index < -0.39 is 0 Å². The third-order valence-electron chi connectivity index (χ3n) is 7.42. The van der Waals surface area contributed by atoms with Crippen LogP contribution in [0.25, 0.3) is 33.4 Å². The molecule has 1 nitrogen and oxygen atoms in total. The molecule has 0 spiro atoms. The minimum Gasteiger partial charge on any atom is -0.399 e. The van der Waals surface area contributed by atoms with Gasteiger partial charge in [0.25, 0.3) is 0 Å². The first-order valence-corrected chi connectivity index (χ1v) is 16.7. The van der Waals surface area contributed by atoms with Gasteiger partial charge in [-0.15, -0.1) is 0 Å². The second-order valence-electron chi connectivity index (χ2n) is 10.4. The first-order chi connectivity index (χ1) is 22.6. The lowest BCUT2D eigenvalue weighted by Gasteiger charge is -2.21. The number of anilines is 1. The molecule has 6 rings (SSSR count). The van der Waals surface area contributed by atoms with Crippen molar-refractivity contribution in [3.8, 4) is 33.4 Å². The van der Waals surface area contributed by atoms with Crippen molar-refractivity contribution in [2.75, 3.05) is 5.73 Å². The van der Waals surface area contributed by atoms with Gasteiger partial charge in [-0.2, -0.15) is 0 Å². The van der Waals surface area contributed by atoms with Crippen molar-refractivity contribution >= 4 is 5.69 Å². The van der Waals surface area contributed by atoms with Gasteiger partial charge < -0.3 is 5.73 Å². The van der Waals surface area contributed by atoms with Crippen LogP contribution in [0.1, 0.15) is 65.0 Å². The fourth-order valence-corrected chi connectivity index (χ4v) is 4.97. The molecule has 0 saturated carbocycles. The Labute approximate surface area is 279 Å². The molecule has 0 aliphatic rings. The van der Waals surface area contributed by atoms with Crippen LogP contribution in [0.15, 0.2) is 164 Å². The Kier molecular flexibility index (Phi) is 17.6. The maximum atomic E-state index is 5.60. The lowest BCUT2D eigenvalue weighted by molar-refractivity contribution is 0.737. The van der Waals surface area contributed by atoms with Crippen LogP contribution >= 0.6 is 0 Å². The molecule has 0 fully saturated rings. The largest absolute Gasteiger partial charge is 0.399 e. The standard InChI is InChI=1S/C23H24.C12H11N.C6H6.2C2H6/c1-4-17(2)23-21(19-12-6-5-7-13-19)15-10-16-22(23)20-14-9-8-11-18(20)3;13-12-8-6-11(7-9-12)10-4-2-1-3-5-10;1-2-4-6-5-3-1;2*1-2/h5-17H,4H2,1-3H3;1-9H,13H2;1-6H;2*1-2H3. The number of hydrogen-bond donors (Lipinski definition) is 1. The van der Waals surface area contributed by atoms with Crippen LogP contribution < -0.4 is 5.73 Å². The van der Waals surface area contributed by atoms with Crippen LogP contribution in [0.3, 0.4) is 0 Å². The Hall–Kier alpha value is -4.88. The van der Waals surface area contributed by atoms with Crippen molar-refractivity contribution in [3.05, 3.63) is 175 Å². The molecule has 0 aromatic heterocycles. The van der Waals surface area contributed by atoms with Gasteiger partial charge in [-0.1, -0.05) is 193 Å². The van der Waals surface area contributed by atoms with E-state index in [1.807, 2.05) is 107 Å². The molecule has 6 aromatic rings. The van der Waals surface area contributed by atoms with E-state index in [1.54, 1.807) is 0 Å². The van der Waals surface area contributed by atoms with Gasteiger partial charge in [0.1, 0.15) is 0 Å². The normalized spacial score (nSPS) is 10.2. The average Bonchev–Trinajstić information content (AvgIpc) is 3.15. The molecule has 0 heterocycles. The number of rotatable bonds is 5. The number of aryl methyl sites for hydroxylation is 1. The molecular formula is C45H53N. The molecular weight excluding hydrogens is 555 g/mol. The van der Waals surface area contributed by atoms with E-state index in [2.05, 4.69) is 106 Å². The van der Waals surface area contributed by atoms with E-state index in [4.69, 9.17) is 5.73 Å². The highest BCUT2D eigenvalue weighted by molar-refractivity contribution is 5.80. The van der Waals surface area contributed by atoms with Gasteiger partial charge in [0.15, 0.2) is 0 Å². The monoisotopic (exact) mass is 607 g/mol. The Morgan fingerprint density at radius 2 is 0.826 bits per heavy atom. The molecule has 238 valence electrons. The number of nitrogens with two attached hydrogens (primary N) is 1. The predicted octanol–water partition coefficient (Wildman–Crippen LogP) is 13.5. The van der Waals surface area contributed by atoms with Gasteiger partial charge >= 0.3 is 0 Å². The van der Waals surface area contributed by atoms with Crippen LogP contribution in [0.5, 0.6) is 0 Å². The summed E-state index contributed by atoms with van der Waals surface area (Å²) in [6.07, 6.45) is 1.14. The minimum atomic E-state index is 0.529. The van der Waals surface area contributed by atoms with Crippen LogP contribution in [0.2, 0.25) is 0 Å². The molecule has 0 aliphatic heterocycles. The zero-order chi connectivity index (χ0) is 33.6. The van der Waals surface area contributed by atoms with Crippen LogP contribution in [-0.2, 0) is 0 Å². The van der Waals surface area contributed by atoms with E-state index in [1.165, 1.54) is 44.5 Å². The zero-order valence-electron chi connectivity index (χ0n) is 29.0. The summed E-state index contributed by atoms with van der Waals surface area (Å²) in [5.74, 6) is 0.529. The minimum absolute atomic E-state index is 0.529.